The lowest BCUT2D eigenvalue weighted by atomic mass is 10.1. The topological polar surface area (TPSA) is 58.2 Å². The predicted octanol–water partition coefficient (Wildman–Crippen LogP) is 2.23. The molecule has 1 saturated carbocycles. The van der Waals surface area contributed by atoms with Crippen LogP contribution in [0.15, 0.2) is 18.2 Å². The lowest BCUT2D eigenvalue weighted by molar-refractivity contribution is -0.115. The van der Waals surface area contributed by atoms with E-state index in [4.69, 9.17) is 0 Å². The lowest BCUT2D eigenvalue weighted by Crippen LogP contribution is -2.29. The molecule has 2 rings (SSSR count). The summed E-state index contributed by atoms with van der Waals surface area (Å²) < 4.78 is 11.3. The van der Waals surface area contributed by atoms with Crippen molar-refractivity contribution in [3.63, 3.8) is 0 Å². The maximum Gasteiger partial charge on any atom is 0.238 e. The monoisotopic (exact) mass is 330 g/mol. The molecule has 1 aliphatic rings. The summed E-state index contributed by atoms with van der Waals surface area (Å²) in [5, 5.41) is 6.09. The molecule has 2 N–H and O–H groups in total. The SMILES string of the molecule is Cc1c(CS(C)=O)cccc1NC(=O)CNCC1CC1.Cl. The number of halogens is 1. The molecular formula is C15H23ClN2O2S. The molecule has 0 bridgehead atoms. The van der Waals surface area contributed by atoms with E-state index in [9.17, 15) is 9.00 Å². The predicted molar refractivity (Wildman–Crippen MR) is 90.4 cm³/mol. The van der Waals surface area contributed by atoms with Gasteiger partial charge in [0.15, 0.2) is 0 Å². The number of carbonyl (C=O) groups is 1. The summed E-state index contributed by atoms with van der Waals surface area (Å²) in [4.78, 5) is 11.9. The van der Waals surface area contributed by atoms with Crippen LogP contribution < -0.4 is 10.6 Å². The Balaban J connectivity index is 0.00000220. The molecule has 0 spiro atoms. The molecule has 4 nitrogen and oxygen atoms in total. The first kappa shape index (κ1) is 18.1. The first-order valence-corrected chi connectivity index (χ1v) is 8.68. The molecule has 1 fully saturated rings. The van der Waals surface area contributed by atoms with Crippen LogP contribution in [0.3, 0.4) is 0 Å². The molecule has 1 aromatic carbocycles. The second-order valence-corrected chi connectivity index (χ2v) is 6.86. The molecule has 1 amide bonds. The van der Waals surface area contributed by atoms with Crippen molar-refractivity contribution in [1.29, 1.82) is 0 Å². The minimum atomic E-state index is -0.876. The largest absolute Gasteiger partial charge is 0.325 e. The van der Waals surface area contributed by atoms with Gasteiger partial charge in [-0.1, -0.05) is 12.1 Å². The fraction of sp³-hybridized carbons (Fsp3) is 0.533. The zero-order valence-corrected chi connectivity index (χ0v) is 14.1. The minimum absolute atomic E-state index is 0. The van der Waals surface area contributed by atoms with E-state index in [1.807, 2.05) is 25.1 Å². The average Bonchev–Trinajstić information content (AvgIpc) is 3.18. The van der Waals surface area contributed by atoms with E-state index in [1.54, 1.807) is 6.26 Å². The van der Waals surface area contributed by atoms with Crippen LogP contribution in [0.5, 0.6) is 0 Å². The van der Waals surface area contributed by atoms with Gasteiger partial charge >= 0.3 is 0 Å². The van der Waals surface area contributed by atoms with Gasteiger partial charge in [0.05, 0.1) is 6.54 Å². The molecule has 6 heteroatoms. The highest BCUT2D eigenvalue weighted by atomic mass is 35.5. The summed E-state index contributed by atoms with van der Waals surface area (Å²) in [5.74, 6) is 1.27. The van der Waals surface area contributed by atoms with Crippen LogP contribution in [0.1, 0.15) is 24.0 Å². The van der Waals surface area contributed by atoms with E-state index in [-0.39, 0.29) is 18.3 Å². The third-order valence-corrected chi connectivity index (χ3v) is 4.21. The Hall–Kier alpha value is -0.910. The van der Waals surface area contributed by atoms with Gasteiger partial charge in [0, 0.05) is 28.5 Å². The molecule has 0 aromatic heterocycles. The highest BCUT2D eigenvalue weighted by Gasteiger charge is 2.20. The Morgan fingerprint density at radius 3 is 2.71 bits per heavy atom. The Bertz CT molecular complexity index is 518. The molecule has 0 saturated heterocycles. The van der Waals surface area contributed by atoms with Gasteiger partial charge in [-0.3, -0.25) is 9.00 Å². The van der Waals surface area contributed by atoms with E-state index >= 15 is 0 Å². The molecule has 21 heavy (non-hydrogen) atoms. The molecule has 1 aromatic rings. The Morgan fingerprint density at radius 1 is 1.38 bits per heavy atom. The molecule has 0 heterocycles. The zero-order valence-electron chi connectivity index (χ0n) is 12.5. The van der Waals surface area contributed by atoms with Crippen LogP contribution in [0, 0.1) is 12.8 Å². The molecule has 1 unspecified atom stereocenters. The van der Waals surface area contributed by atoms with Gasteiger partial charge in [0.2, 0.25) is 5.91 Å². The van der Waals surface area contributed by atoms with Crippen molar-refractivity contribution in [3.8, 4) is 0 Å². The Kier molecular flexibility index (Phi) is 7.35. The maximum absolute atomic E-state index is 11.9. The molecule has 0 aliphatic heterocycles. The Morgan fingerprint density at radius 2 is 2.10 bits per heavy atom. The van der Waals surface area contributed by atoms with Crippen molar-refractivity contribution in [2.45, 2.75) is 25.5 Å². The number of anilines is 1. The maximum atomic E-state index is 11.9. The van der Waals surface area contributed by atoms with Crippen LogP contribution in [0.2, 0.25) is 0 Å². The van der Waals surface area contributed by atoms with Crippen molar-refractivity contribution in [1.82, 2.24) is 5.32 Å². The third kappa shape index (κ3) is 6.16. The smallest absolute Gasteiger partial charge is 0.238 e. The minimum Gasteiger partial charge on any atom is -0.325 e. The number of hydrogen-bond acceptors (Lipinski definition) is 3. The number of hydrogen-bond donors (Lipinski definition) is 2. The fourth-order valence-electron chi connectivity index (χ4n) is 2.10. The highest BCUT2D eigenvalue weighted by molar-refractivity contribution is 7.83. The van der Waals surface area contributed by atoms with Gasteiger partial charge in [-0.2, -0.15) is 0 Å². The summed E-state index contributed by atoms with van der Waals surface area (Å²) in [6.07, 6.45) is 4.25. The number of amides is 1. The van der Waals surface area contributed by atoms with E-state index in [1.165, 1.54) is 12.8 Å². The zero-order chi connectivity index (χ0) is 14.5. The third-order valence-electron chi connectivity index (χ3n) is 3.49. The van der Waals surface area contributed by atoms with Gasteiger partial charge in [0.1, 0.15) is 0 Å². The van der Waals surface area contributed by atoms with Gasteiger partial charge in [-0.05, 0) is 49.4 Å². The van der Waals surface area contributed by atoms with Crippen LogP contribution in [-0.4, -0.2) is 29.5 Å². The van der Waals surface area contributed by atoms with Crippen LogP contribution in [-0.2, 0) is 21.3 Å². The summed E-state index contributed by atoms with van der Waals surface area (Å²) in [5.41, 5.74) is 2.83. The van der Waals surface area contributed by atoms with Crippen molar-refractivity contribution in [3.05, 3.63) is 29.3 Å². The molecule has 118 valence electrons. The molecular weight excluding hydrogens is 308 g/mol. The summed E-state index contributed by atoms with van der Waals surface area (Å²) >= 11 is 0. The van der Waals surface area contributed by atoms with Crippen molar-refractivity contribution < 1.29 is 9.00 Å². The van der Waals surface area contributed by atoms with Crippen LogP contribution >= 0.6 is 12.4 Å². The standard InChI is InChI=1S/C15H22N2O2S.ClH/c1-11-13(10-20(2)19)4-3-5-14(11)17-15(18)9-16-8-12-6-7-12;/h3-5,12,16H,6-10H2,1-2H3,(H,17,18);1H. The van der Waals surface area contributed by atoms with Gasteiger partial charge in [-0.25, -0.2) is 0 Å². The van der Waals surface area contributed by atoms with E-state index in [0.29, 0.717) is 12.3 Å². The second kappa shape index (κ2) is 8.51. The molecule has 1 atom stereocenters. The van der Waals surface area contributed by atoms with Crippen molar-refractivity contribution in [2.24, 2.45) is 5.92 Å². The van der Waals surface area contributed by atoms with E-state index in [0.717, 1.165) is 29.3 Å². The summed E-state index contributed by atoms with van der Waals surface area (Å²) in [7, 11) is -0.876. The number of carbonyl (C=O) groups excluding carboxylic acids is 1. The lowest BCUT2D eigenvalue weighted by Gasteiger charge is -2.12. The quantitative estimate of drug-likeness (QED) is 0.806. The molecule has 0 radical (unpaired) electrons. The normalized spacial score (nSPS) is 15.1. The van der Waals surface area contributed by atoms with Crippen LogP contribution in [0.25, 0.3) is 0 Å². The molecule has 1 aliphatic carbocycles. The average molecular weight is 331 g/mol. The first-order chi connectivity index (χ1) is 9.56. The summed E-state index contributed by atoms with van der Waals surface area (Å²) in [6, 6.07) is 5.73. The number of rotatable bonds is 7. The number of nitrogens with one attached hydrogen (secondary N) is 2. The van der Waals surface area contributed by atoms with Gasteiger partial charge in [-0.15, -0.1) is 12.4 Å². The van der Waals surface area contributed by atoms with E-state index < -0.39 is 10.8 Å². The van der Waals surface area contributed by atoms with Crippen molar-refractivity contribution in [2.75, 3.05) is 24.7 Å². The summed E-state index contributed by atoms with van der Waals surface area (Å²) in [6.45, 7) is 3.23. The van der Waals surface area contributed by atoms with Crippen LogP contribution in [0.4, 0.5) is 5.69 Å². The second-order valence-electron chi connectivity index (χ2n) is 5.43. The van der Waals surface area contributed by atoms with E-state index in [2.05, 4.69) is 10.6 Å². The van der Waals surface area contributed by atoms with Gasteiger partial charge in [0.25, 0.3) is 0 Å². The van der Waals surface area contributed by atoms with Gasteiger partial charge < -0.3 is 10.6 Å². The van der Waals surface area contributed by atoms with Crippen molar-refractivity contribution >= 4 is 34.8 Å². The number of benzene rings is 1. The first-order valence-electron chi connectivity index (χ1n) is 6.95. The Labute approximate surface area is 134 Å². The highest BCUT2D eigenvalue weighted by Crippen LogP contribution is 2.27. The fourth-order valence-corrected chi connectivity index (χ4v) is 2.85.